The lowest BCUT2D eigenvalue weighted by Crippen LogP contribution is -2.34. The van der Waals surface area contributed by atoms with Gasteiger partial charge in [0, 0.05) is 11.6 Å². The molecule has 0 radical (unpaired) electrons. The number of nitrogens with one attached hydrogen (secondary N) is 2. The molecule has 1 aromatic rings. The van der Waals surface area contributed by atoms with Gasteiger partial charge in [-0.05, 0) is 24.6 Å². The molecule has 0 aliphatic heterocycles. The molecular formula is C12H14Cl2N2O3. The number of halogens is 2. The largest absolute Gasteiger partial charge is 0.431 e. The summed E-state index contributed by atoms with van der Waals surface area (Å²) in [4.78, 5) is 27.4. The minimum Gasteiger partial charge on any atom is -0.321 e. The molecule has 1 aromatic carbocycles. The molecule has 0 aromatic heterocycles. The van der Waals surface area contributed by atoms with E-state index in [-0.39, 0.29) is 10.6 Å². The van der Waals surface area contributed by atoms with E-state index in [1.807, 2.05) is 12.4 Å². The Labute approximate surface area is 121 Å². The second kappa shape index (κ2) is 7.86. The number of benzene rings is 1. The lowest BCUT2D eigenvalue weighted by atomic mass is 10.2. The molecule has 0 heterocycles. The maximum atomic E-state index is 11.7. The molecule has 19 heavy (non-hydrogen) atoms. The van der Waals surface area contributed by atoms with E-state index < -0.39 is 12.0 Å². The summed E-state index contributed by atoms with van der Waals surface area (Å²) in [7, 11) is 0. The first-order chi connectivity index (χ1) is 9.04. The first kappa shape index (κ1) is 15.6. The summed E-state index contributed by atoms with van der Waals surface area (Å²) in [5.41, 5.74) is 2.13. The second-order valence-electron chi connectivity index (χ2n) is 3.73. The van der Waals surface area contributed by atoms with Crippen LogP contribution in [0.3, 0.4) is 0 Å². The van der Waals surface area contributed by atoms with Crippen molar-refractivity contribution in [1.29, 1.82) is 0 Å². The highest BCUT2D eigenvalue weighted by atomic mass is 35.5. The summed E-state index contributed by atoms with van der Waals surface area (Å²) in [5, 5.41) is 3.06. The molecule has 1 rings (SSSR count). The number of unbranched alkanes of at least 4 members (excludes halogenated alkanes) is 1. The Balaban J connectivity index is 2.47. The highest BCUT2D eigenvalue weighted by molar-refractivity contribution is 6.35. The van der Waals surface area contributed by atoms with Gasteiger partial charge in [-0.1, -0.05) is 36.5 Å². The van der Waals surface area contributed by atoms with Crippen LogP contribution in [0.15, 0.2) is 18.2 Å². The van der Waals surface area contributed by atoms with Crippen molar-refractivity contribution in [3.63, 3.8) is 0 Å². The van der Waals surface area contributed by atoms with Crippen molar-refractivity contribution in [2.24, 2.45) is 0 Å². The van der Waals surface area contributed by atoms with Gasteiger partial charge in [0.2, 0.25) is 0 Å². The van der Waals surface area contributed by atoms with Crippen molar-refractivity contribution in [2.75, 3.05) is 6.54 Å². The molecule has 0 saturated heterocycles. The fraction of sp³-hybridized carbons (Fsp3) is 0.333. The maximum absolute atomic E-state index is 11.7. The van der Waals surface area contributed by atoms with Crippen LogP contribution in [0.25, 0.3) is 0 Å². The first-order valence-corrected chi connectivity index (χ1v) is 6.50. The van der Waals surface area contributed by atoms with Gasteiger partial charge in [0.15, 0.2) is 0 Å². The standard InChI is InChI=1S/C12H14Cl2N2O3/c1-2-3-6-15-12(18)19-16-11(17)9-7-8(13)4-5-10(9)14/h4-5,7H,2-3,6H2,1H3,(H,15,18)(H,16,17). The number of amides is 2. The molecule has 0 unspecified atom stereocenters. The zero-order valence-electron chi connectivity index (χ0n) is 10.3. The third kappa shape index (κ3) is 5.36. The van der Waals surface area contributed by atoms with Gasteiger partial charge in [-0.25, -0.2) is 4.79 Å². The molecule has 0 saturated carbocycles. The van der Waals surface area contributed by atoms with Crippen LogP contribution in [-0.2, 0) is 4.84 Å². The molecule has 5 nitrogen and oxygen atoms in total. The summed E-state index contributed by atoms with van der Waals surface area (Å²) >= 11 is 11.6. The molecular weight excluding hydrogens is 291 g/mol. The first-order valence-electron chi connectivity index (χ1n) is 5.74. The van der Waals surface area contributed by atoms with Crippen LogP contribution in [0, 0.1) is 0 Å². The van der Waals surface area contributed by atoms with Crippen molar-refractivity contribution in [2.45, 2.75) is 19.8 Å². The lowest BCUT2D eigenvalue weighted by molar-refractivity contribution is 0.0572. The Kier molecular flexibility index (Phi) is 6.45. The third-order valence-corrected chi connectivity index (χ3v) is 2.77. The molecule has 0 bridgehead atoms. The summed E-state index contributed by atoms with van der Waals surface area (Å²) in [6.07, 6.45) is 1.06. The quantitative estimate of drug-likeness (QED) is 0.663. The van der Waals surface area contributed by atoms with Crippen molar-refractivity contribution >= 4 is 35.2 Å². The Hall–Kier alpha value is -1.46. The van der Waals surface area contributed by atoms with Crippen LogP contribution in [0.1, 0.15) is 30.1 Å². The number of carbonyl (C=O) groups is 2. The Bertz CT molecular complexity index is 466. The second-order valence-corrected chi connectivity index (χ2v) is 4.57. The van der Waals surface area contributed by atoms with Crippen molar-refractivity contribution < 1.29 is 14.4 Å². The van der Waals surface area contributed by atoms with Gasteiger partial charge in [-0.2, -0.15) is 5.48 Å². The molecule has 0 atom stereocenters. The average Bonchev–Trinajstić information content (AvgIpc) is 2.39. The predicted octanol–water partition coefficient (Wildman–Crippen LogP) is 3.16. The summed E-state index contributed by atoms with van der Waals surface area (Å²) in [5.74, 6) is -0.641. The fourth-order valence-electron chi connectivity index (χ4n) is 1.22. The van der Waals surface area contributed by atoms with Gasteiger partial charge in [0.1, 0.15) is 0 Å². The van der Waals surface area contributed by atoms with E-state index in [4.69, 9.17) is 23.2 Å². The van der Waals surface area contributed by atoms with E-state index in [1.165, 1.54) is 12.1 Å². The summed E-state index contributed by atoms with van der Waals surface area (Å²) in [6.45, 7) is 2.49. The van der Waals surface area contributed by atoms with Crippen LogP contribution in [0.4, 0.5) is 4.79 Å². The van der Waals surface area contributed by atoms with Crippen LogP contribution < -0.4 is 10.8 Å². The molecule has 0 aliphatic carbocycles. The van der Waals surface area contributed by atoms with Crippen molar-refractivity contribution in [3.05, 3.63) is 33.8 Å². The van der Waals surface area contributed by atoms with Gasteiger partial charge in [-0.15, -0.1) is 0 Å². The molecule has 0 aliphatic rings. The van der Waals surface area contributed by atoms with Gasteiger partial charge in [0.05, 0.1) is 10.6 Å². The van der Waals surface area contributed by atoms with Crippen molar-refractivity contribution in [3.8, 4) is 0 Å². The molecule has 2 N–H and O–H groups in total. The number of hydrogen-bond donors (Lipinski definition) is 2. The number of carbonyl (C=O) groups excluding carboxylic acids is 2. The van der Waals surface area contributed by atoms with E-state index in [0.29, 0.717) is 11.6 Å². The average molecular weight is 305 g/mol. The number of hydroxylamine groups is 1. The Morgan fingerprint density at radius 3 is 2.74 bits per heavy atom. The monoisotopic (exact) mass is 304 g/mol. The maximum Gasteiger partial charge on any atom is 0.431 e. The Morgan fingerprint density at radius 1 is 1.32 bits per heavy atom. The zero-order chi connectivity index (χ0) is 14.3. The lowest BCUT2D eigenvalue weighted by Gasteiger charge is -2.08. The minimum atomic E-state index is -0.722. The number of hydrogen-bond acceptors (Lipinski definition) is 3. The fourth-order valence-corrected chi connectivity index (χ4v) is 1.60. The zero-order valence-corrected chi connectivity index (χ0v) is 11.8. The molecule has 104 valence electrons. The SMILES string of the molecule is CCCCNC(=O)ONC(=O)c1cc(Cl)ccc1Cl. The van der Waals surface area contributed by atoms with E-state index >= 15 is 0 Å². The highest BCUT2D eigenvalue weighted by Gasteiger charge is 2.12. The van der Waals surface area contributed by atoms with Gasteiger partial charge in [-0.3, -0.25) is 4.79 Å². The minimum absolute atomic E-state index is 0.135. The van der Waals surface area contributed by atoms with E-state index in [0.717, 1.165) is 12.8 Å². The molecule has 7 heteroatoms. The van der Waals surface area contributed by atoms with E-state index in [1.54, 1.807) is 6.07 Å². The Morgan fingerprint density at radius 2 is 2.05 bits per heavy atom. The van der Waals surface area contributed by atoms with Gasteiger partial charge >= 0.3 is 6.09 Å². The van der Waals surface area contributed by atoms with Crippen LogP contribution in [-0.4, -0.2) is 18.5 Å². The summed E-state index contributed by atoms with van der Waals surface area (Å²) < 4.78 is 0. The topological polar surface area (TPSA) is 67.4 Å². The van der Waals surface area contributed by atoms with Gasteiger partial charge < -0.3 is 10.2 Å². The van der Waals surface area contributed by atoms with Crippen LogP contribution >= 0.6 is 23.2 Å². The highest BCUT2D eigenvalue weighted by Crippen LogP contribution is 2.20. The van der Waals surface area contributed by atoms with Gasteiger partial charge in [0.25, 0.3) is 5.91 Å². The number of rotatable bonds is 4. The van der Waals surface area contributed by atoms with Crippen LogP contribution in [0.2, 0.25) is 10.0 Å². The summed E-state index contributed by atoms with van der Waals surface area (Å²) in [6, 6.07) is 4.43. The molecule has 0 spiro atoms. The third-order valence-electron chi connectivity index (χ3n) is 2.21. The smallest absolute Gasteiger partial charge is 0.321 e. The van der Waals surface area contributed by atoms with E-state index in [2.05, 4.69) is 10.2 Å². The molecule has 2 amide bonds. The molecule has 0 fully saturated rings. The van der Waals surface area contributed by atoms with Crippen molar-refractivity contribution in [1.82, 2.24) is 10.8 Å². The predicted molar refractivity (Wildman–Crippen MR) is 73.3 cm³/mol. The van der Waals surface area contributed by atoms with Crippen LogP contribution in [0.5, 0.6) is 0 Å². The normalized spacial score (nSPS) is 9.84. The van der Waals surface area contributed by atoms with E-state index in [9.17, 15) is 9.59 Å².